The van der Waals surface area contributed by atoms with Gasteiger partial charge in [-0.1, -0.05) is 30.3 Å². The van der Waals surface area contributed by atoms with E-state index in [1.165, 1.54) is 11.5 Å². The van der Waals surface area contributed by atoms with Crippen molar-refractivity contribution in [2.45, 2.75) is 37.1 Å². The van der Waals surface area contributed by atoms with Crippen LogP contribution >= 0.6 is 23.3 Å². The van der Waals surface area contributed by atoms with E-state index in [-0.39, 0.29) is 17.9 Å². The number of hydrogen-bond acceptors (Lipinski definition) is 8. The van der Waals surface area contributed by atoms with Gasteiger partial charge >= 0.3 is 0 Å². The number of hydrogen-bond donors (Lipinski definition) is 3. The van der Waals surface area contributed by atoms with E-state index in [9.17, 15) is 9.59 Å². The van der Waals surface area contributed by atoms with Crippen LogP contribution in [0.15, 0.2) is 71.8 Å². The lowest BCUT2D eigenvalue weighted by Crippen LogP contribution is -2.29. The molecule has 2 amide bonds. The minimum absolute atomic E-state index is 0.0843. The largest absolute Gasteiger partial charge is 0.480 e. The van der Waals surface area contributed by atoms with Gasteiger partial charge in [0.15, 0.2) is 0 Å². The Morgan fingerprint density at radius 2 is 1.88 bits per heavy atom. The number of nitrogens with one attached hydrogen (secondary N) is 3. The van der Waals surface area contributed by atoms with E-state index in [0.717, 1.165) is 45.6 Å². The van der Waals surface area contributed by atoms with Gasteiger partial charge in [0.2, 0.25) is 5.88 Å². The fraction of sp³-hybridized carbons (Fsp3) is 0.258. The number of imidazole rings is 1. The Morgan fingerprint density at radius 3 is 2.67 bits per heavy atom. The highest BCUT2D eigenvalue weighted by Gasteiger charge is 2.21. The Bertz CT molecular complexity index is 1700. The monoisotopic (exact) mass is 600 g/mol. The molecule has 0 saturated carbocycles. The molecule has 0 aliphatic rings. The summed E-state index contributed by atoms with van der Waals surface area (Å²) >= 11 is 2.72. The van der Waals surface area contributed by atoms with Crippen molar-refractivity contribution in [1.82, 2.24) is 30.0 Å². The third kappa shape index (κ3) is 6.80. The van der Waals surface area contributed by atoms with Gasteiger partial charge < -0.3 is 20.4 Å². The first-order chi connectivity index (χ1) is 20.5. The summed E-state index contributed by atoms with van der Waals surface area (Å²) < 4.78 is 9.83. The lowest BCUT2D eigenvalue weighted by molar-refractivity contribution is 0.0935. The van der Waals surface area contributed by atoms with Gasteiger partial charge in [0, 0.05) is 16.8 Å². The van der Waals surface area contributed by atoms with Crippen LogP contribution in [0.3, 0.4) is 0 Å². The van der Waals surface area contributed by atoms with Crippen LogP contribution in [0.25, 0.3) is 22.2 Å². The second-order valence-electron chi connectivity index (χ2n) is 9.73. The van der Waals surface area contributed by atoms with Crippen LogP contribution in [0.4, 0.5) is 0 Å². The molecule has 0 unspecified atom stereocenters. The number of unbranched alkanes of at least 4 members (excludes halogenated alkanes) is 1. The van der Waals surface area contributed by atoms with Gasteiger partial charge in [-0.3, -0.25) is 9.59 Å². The number of nitrogens with zero attached hydrogens (tertiary/aromatic N) is 3. The van der Waals surface area contributed by atoms with E-state index in [1.807, 2.05) is 67.8 Å². The average molecular weight is 601 g/mol. The fourth-order valence-electron chi connectivity index (χ4n) is 4.68. The Kier molecular flexibility index (Phi) is 9.50. The molecular formula is C31H32N6O3S2. The molecule has 42 heavy (non-hydrogen) atoms. The summed E-state index contributed by atoms with van der Waals surface area (Å²) in [4.78, 5) is 40.0. The molecule has 1 atom stereocenters. The zero-order valence-corrected chi connectivity index (χ0v) is 25.3. The van der Waals surface area contributed by atoms with Crippen LogP contribution in [0.2, 0.25) is 0 Å². The van der Waals surface area contributed by atoms with Gasteiger partial charge in [-0.05, 0) is 74.3 Å². The molecule has 0 spiro atoms. The zero-order valence-electron chi connectivity index (χ0n) is 23.6. The maximum absolute atomic E-state index is 13.1. The summed E-state index contributed by atoms with van der Waals surface area (Å²) in [5.41, 5.74) is 3.85. The molecular weight excluding hydrogens is 569 g/mol. The number of benzene rings is 2. The smallest absolute Gasteiger partial charge is 0.263 e. The number of carbonyl (C=O) groups excluding carboxylic acids is 2. The summed E-state index contributed by atoms with van der Waals surface area (Å²) in [6, 6.07) is 18.8. The van der Waals surface area contributed by atoms with E-state index in [1.54, 1.807) is 31.1 Å². The third-order valence-corrected chi connectivity index (χ3v) is 8.49. The Morgan fingerprint density at radius 1 is 1.07 bits per heavy atom. The fourth-order valence-corrected chi connectivity index (χ4v) is 5.93. The molecule has 0 aliphatic heterocycles. The topological polar surface area (TPSA) is 122 Å². The Labute approximate surface area is 252 Å². The van der Waals surface area contributed by atoms with Gasteiger partial charge in [-0.2, -0.15) is 4.37 Å². The van der Waals surface area contributed by atoms with Gasteiger partial charge in [-0.25, -0.2) is 9.97 Å². The van der Waals surface area contributed by atoms with Crippen molar-refractivity contribution < 1.29 is 14.3 Å². The highest BCUT2D eigenvalue weighted by atomic mass is 32.2. The minimum Gasteiger partial charge on any atom is -0.480 e. The summed E-state index contributed by atoms with van der Waals surface area (Å²) in [6.45, 7) is 2.39. The van der Waals surface area contributed by atoms with Gasteiger partial charge in [0.25, 0.3) is 11.8 Å². The molecule has 9 nitrogen and oxygen atoms in total. The molecule has 0 saturated heterocycles. The molecule has 3 aromatic heterocycles. The van der Waals surface area contributed by atoms with Crippen LogP contribution < -0.4 is 15.4 Å². The van der Waals surface area contributed by atoms with Crippen molar-refractivity contribution >= 4 is 46.0 Å². The van der Waals surface area contributed by atoms with E-state index >= 15 is 0 Å². The van der Waals surface area contributed by atoms with Crippen molar-refractivity contribution in [3.63, 3.8) is 0 Å². The lowest BCUT2D eigenvalue weighted by Gasteiger charge is -2.17. The first-order valence-electron chi connectivity index (χ1n) is 13.6. The number of aryl methyl sites for hydroxylation is 1. The quantitative estimate of drug-likeness (QED) is 0.115. The molecule has 11 heteroatoms. The van der Waals surface area contributed by atoms with Crippen molar-refractivity contribution in [2.24, 2.45) is 0 Å². The molecule has 0 fully saturated rings. The SMILES string of the molecule is COc1nc2ccccc2cc1-c1cnc([C@H](CCCCNC(=O)c2ccccc2SC)NC(=O)c2cc(C)ns2)[nH]1. The maximum Gasteiger partial charge on any atom is 0.263 e. The van der Waals surface area contributed by atoms with Crippen molar-refractivity contribution in [3.8, 4) is 17.1 Å². The molecule has 0 bridgehead atoms. The van der Waals surface area contributed by atoms with Crippen molar-refractivity contribution in [2.75, 3.05) is 19.9 Å². The molecule has 5 aromatic rings. The number of H-pyrrole nitrogens is 1. The molecule has 0 radical (unpaired) electrons. The molecule has 3 N–H and O–H groups in total. The van der Waals surface area contributed by atoms with E-state index in [2.05, 4.69) is 30.0 Å². The molecule has 2 aromatic carbocycles. The molecule has 0 aliphatic carbocycles. The summed E-state index contributed by atoms with van der Waals surface area (Å²) in [6.07, 6.45) is 5.83. The number of aromatic amines is 1. The van der Waals surface area contributed by atoms with Crippen LogP contribution in [-0.2, 0) is 0 Å². The second-order valence-corrected chi connectivity index (χ2v) is 11.4. The summed E-state index contributed by atoms with van der Waals surface area (Å²) in [7, 11) is 1.59. The summed E-state index contributed by atoms with van der Waals surface area (Å²) in [5.74, 6) is 0.839. The van der Waals surface area contributed by atoms with Crippen LogP contribution in [-0.4, -0.2) is 51.1 Å². The number of carbonyl (C=O) groups is 2. The van der Waals surface area contributed by atoms with Crippen molar-refractivity contribution in [3.05, 3.63) is 88.8 Å². The van der Waals surface area contributed by atoms with Gasteiger partial charge in [0.1, 0.15) is 10.7 Å². The minimum atomic E-state index is -0.374. The number of para-hydroxylation sites is 1. The molecule has 3 heterocycles. The van der Waals surface area contributed by atoms with Crippen LogP contribution in [0.1, 0.15) is 56.9 Å². The molecule has 5 rings (SSSR count). The summed E-state index contributed by atoms with van der Waals surface area (Å²) in [5, 5.41) is 7.13. The molecule has 216 valence electrons. The Balaban J connectivity index is 1.30. The third-order valence-electron chi connectivity index (χ3n) is 6.81. The average Bonchev–Trinajstić information content (AvgIpc) is 3.69. The number of pyridine rings is 1. The van der Waals surface area contributed by atoms with E-state index in [0.29, 0.717) is 35.1 Å². The number of amides is 2. The maximum atomic E-state index is 13.1. The Hall–Kier alpha value is -4.22. The lowest BCUT2D eigenvalue weighted by atomic mass is 10.1. The highest BCUT2D eigenvalue weighted by Crippen LogP contribution is 2.32. The standard InChI is InChI=1S/C31H32N6O3S2/c1-19-16-27(42-37-19)30(39)35-24(13-8-9-15-32-29(38)21-11-5-7-14-26(21)41-3)28-33-18-25(34-28)22-17-20-10-4-6-12-23(20)36-31(22)40-2/h4-7,10-12,14,16-18,24H,8-9,13,15H2,1-3H3,(H,32,38)(H,33,34)(H,35,39)/t24-/m0/s1. The van der Waals surface area contributed by atoms with Gasteiger partial charge in [-0.15, -0.1) is 11.8 Å². The zero-order chi connectivity index (χ0) is 29.5. The van der Waals surface area contributed by atoms with Gasteiger partial charge in [0.05, 0.1) is 47.4 Å². The number of methoxy groups -OCH3 is 1. The van der Waals surface area contributed by atoms with E-state index < -0.39 is 0 Å². The van der Waals surface area contributed by atoms with Crippen LogP contribution in [0.5, 0.6) is 5.88 Å². The predicted octanol–water partition coefficient (Wildman–Crippen LogP) is 6.19. The number of rotatable bonds is 12. The second kappa shape index (κ2) is 13.6. The number of thioether (sulfide) groups is 1. The first-order valence-corrected chi connectivity index (χ1v) is 15.6. The van der Waals surface area contributed by atoms with Crippen LogP contribution in [0, 0.1) is 6.92 Å². The first kappa shape index (κ1) is 29.3. The number of aromatic nitrogens is 4. The number of fused-ring (bicyclic) bond motifs is 1. The normalized spacial score (nSPS) is 11.8. The number of ether oxygens (including phenoxy) is 1. The predicted molar refractivity (Wildman–Crippen MR) is 167 cm³/mol. The highest BCUT2D eigenvalue weighted by molar-refractivity contribution is 7.98. The van der Waals surface area contributed by atoms with E-state index in [4.69, 9.17) is 4.74 Å². The van der Waals surface area contributed by atoms with Crippen molar-refractivity contribution in [1.29, 1.82) is 0 Å².